The summed E-state index contributed by atoms with van der Waals surface area (Å²) in [6.45, 7) is 7.80. The number of piperazine rings is 1. The fourth-order valence-corrected chi connectivity index (χ4v) is 5.01. The second-order valence-electron chi connectivity index (χ2n) is 8.41. The fourth-order valence-electron chi connectivity index (χ4n) is 4.33. The van der Waals surface area contributed by atoms with Crippen LogP contribution in [0.2, 0.25) is 0 Å². The molecule has 1 N–H and O–H groups in total. The number of rotatable bonds is 6. The van der Waals surface area contributed by atoms with Gasteiger partial charge in [-0.1, -0.05) is 19.4 Å². The van der Waals surface area contributed by atoms with Gasteiger partial charge in [-0.05, 0) is 72.8 Å². The van der Waals surface area contributed by atoms with E-state index in [9.17, 15) is 9.59 Å². The average molecular weight is 462 g/mol. The minimum Gasteiger partial charge on any atom is -0.369 e. The molecule has 3 aromatic rings. The molecule has 3 heterocycles. The summed E-state index contributed by atoms with van der Waals surface area (Å²) in [4.78, 5) is 33.3. The molecule has 170 valence electrons. The number of thioether (sulfide) groups is 1. The largest absolute Gasteiger partial charge is 0.369 e. The number of nitrogens with one attached hydrogen (secondary N) is 1. The highest BCUT2D eigenvalue weighted by atomic mass is 32.2. The number of nitrogens with zero attached hydrogens (tertiary/aromatic N) is 4. The smallest absolute Gasteiger partial charge is 0.290 e. The number of benzene rings is 2. The summed E-state index contributed by atoms with van der Waals surface area (Å²) in [6.07, 6.45) is 6.09. The number of unbranched alkanes of at least 4 members (excludes halogenated alkanes) is 1. The zero-order valence-corrected chi connectivity index (χ0v) is 19.5. The molecule has 2 amide bonds. The molecule has 2 fully saturated rings. The number of aromatic nitrogens is 2. The van der Waals surface area contributed by atoms with Crippen LogP contribution in [-0.4, -0.2) is 58.3 Å². The van der Waals surface area contributed by atoms with Crippen LogP contribution in [0.3, 0.4) is 0 Å². The van der Waals surface area contributed by atoms with E-state index in [1.807, 2.05) is 24.5 Å². The molecule has 2 aromatic carbocycles. The lowest BCUT2D eigenvalue weighted by atomic mass is 10.1. The first kappa shape index (κ1) is 21.7. The summed E-state index contributed by atoms with van der Waals surface area (Å²) < 4.78 is 2.05. The van der Waals surface area contributed by atoms with E-state index in [4.69, 9.17) is 0 Å². The van der Waals surface area contributed by atoms with Gasteiger partial charge in [0.15, 0.2) is 0 Å². The zero-order valence-electron chi connectivity index (χ0n) is 18.7. The molecule has 2 saturated heterocycles. The minimum atomic E-state index is -0.347. The lowest BCUT2D eigenvalue weighted by Crippen LogP contribution is -2.46. The number of hydrogen-bond acceptors (Lipinski definition) is 6. The third-order valence-electron chi connectivity index (χ3n) is 6.20. The topological polar surface area (TPSA) is 70.5 Å². The molecule has 0 unspecified atom stereocenters. The van der Waals surface area contributed by atoms with Gasteiger partial charge in [0.05, 0.1) is 15.9 Å². The number of imide groups is 1. The third-order valence-corrected chi connectivity index (χ3v) is 7.01. The van der Waals surface area contributed by atoms with Crippen LogP contribution in [-0.2, 0) is 4.79 Å². The number of anilines is 1. The molecule has 2 aliphatic rings. The predicted octanol–water partition coefficient (Wildman–Crippen LogP) is 4.27. The van der Waals surface area contributed by atoms with Crippen molar-refractivity contribution in [3.05, 3.63) is 59.3 Å². The molecule has 33 heavy (non-hydrogen) atoms. The van der Waals surface area contributed by atoms with Gasteiger partial charge >= 0.3 is 0 Å². The Kier molecular flexibility index (Phi) is 6.20. The Labute approximate surface area is 197 Å². The summed E-state index contributed by atoms with van der Waals surface area (Å²) in [5.74, 6) is -0.347. The van der Waals surface area contributed by atoms with E-state index in [2.05, 4.69) is 55.9 Å². The Balaban J connectivity index is 1.34. The maximum atomic E-state index is 11.9. The van der Waals surface area contributed by atoms with Crippen molar-refractivity contribution in [2.75, 3.05) is 37.6 Å². The second kappa shape index (κ2) is 9.41. The van der Waals surface area contributed by atoms with Gasteiger partial charge < -0.3 is 4.90 Å². The van der Waals surface area contributed by atoms with Crippen LogP contribution in [0.25, 0.3) is 22.8 Å². The van der Waals surface area contributed by atoms with Gasteiger partial charge in [-0.2, -0.15) is 0 Å². The first-order valence-corrected chi connectivity index (χ1v) is 12.2. The van der Waals surface area contributed by atoms with Gasteiger partial charge in [-0.25, -0.2) is 4.98 Å². The molecule has 8 heteroatoms. The highest BCUT2D eigenvalue weighted by Crippen LogP contribution is 2.28. The average Bonchev–Trinajstić information content (AvgIpc) is 3.40. The fraction of sp³-hybridized carbons (Fsp3) is 0.320. The van der Waals surface area contributed by atoms with E-state index >= 15 is 0 Å². The molecule has 2 aliphatic heterocycles. The van der Waals surface area contributed by atoms with Crippen LogP contribution in [0.4, 0.5) is 10.5 Å². The highest BCUT2D eigenvalue weighted by Gasteiger charge is 2.25. The Hall–Kier alpha value is -3.10. The predicted molar refractivity (Wildman–Crippen MR) is 134 cm³/mol. The van der Waals surface area contributed by atoms with Gasteiger partial charge in [-0.3, -0.25) is 24.4 Å². The van der Waals surface area contributed by atoms with E-state index in [0.717, 1.165) is 60.2 Å². The Bertz CT molecular complexity index is 1210. The molecule has 7 nitrogen and oxygen atoms in total. The molecular formula is C25H27N5O2S. The van der Waals surface area contributed by atoms with Crippen molar-refractivity contribution in [2.45, 2.75) is 19.8 Å². The zero-order chi connectivity index (χ0) is 22.8. The van der Waals surface area contributed by atoms with Crippen LogP contribution in [0.5, 0.6) is 0 Å². The summed E-state index contributed by atoms with van der Waals surface area (Å²) in [7, 11) is 0. The number of carbonyl (C=O) groups is 2. The molecule has 0 radical (unpaired) electrons. The number of hydrogen-bond donors (Lipinski definition) is 1. The number of imidazole rings is 1. The van der Waals surface area contributed by atoms with Crippen LogP contribution >= 0.6 is 11.8 Å². The molecule has 0 spiro atoms. The first-order valence-electron chi connectivity index (χ1n) is 11.4. The normalized spacial score (nSPS) is 18.5. The molecule has 0 atom stereocenters. The van der Waals surface area contributed by atoms with Crippen molar-refractivity contribution in [2.24, 2.45) is 0 Å². The van der Waals surface area contributed by atoms with Crippen molar-refractivity contribution < 1.29 is 9.59 Å². The third kappa shape index (κ3) is 4.67. The Morgan fingerprint density at radius 2 is 1.79 bits per heavy atom. The lowest BCUT2D eigenvalue weighted by Gasteiger charge is -2.36. The monoisotopic (exact) mass is 461 g/mol. The van der Waals surface area contributed by atoms with Crippen molar-refractivity contribution >= 4 is 45.7 Å². The van der Waals surface area contributed by atoms with Crippen molar-refractivity contribution in [3.63, 3.8) is 0 Å². The summed E-state index contributed by atoms with van der Waals surface area (Å²) in [6, 6.07) is 14.5. The van der Waals surface area contributed by atoms with Crippen LogP contribution in [0, 0.1) is 0 Å². The molecule has 0 bridgehead atoms. The molecule has 0 aliphatic carbocycles. The molecule has 0 saturated carbocycles. The maximum Gasteiger partial charge on any atom is 0.290 e. The Morgan fingerprint density at radius 3 is 2.48 bits per heavy atom. The van der Waals surface area contributed by atoms with Crippen molar-refractivity contribution in [3.8, 4) is 5.69 Å². The number of fused-ring (bicyclic) bond motifs is 1. The first-order chi connectivity index (χ1) is 16.1. The highest BCUT2D eigenvalue weighted by molar-refractivity contribution is 8.18. The van der Waals surface area contributed by atoms with Crippen LogP contribution < -0.4 is 10.2 Å². The molecule has 5 rings (SSSR count). The van der Waals surface area contributed by atoms with Crippen LogP contribution in [0.15, 0.2) is 53.7 Å². The van der Waals surface area contributed by atoms with Crippen molar-refractivity contribution in [1.29, 1.82) is 0 Å². The van der Waals surface area contributed by atoms with Gasteiger partial charge in [0.25, 0.3) is 11.1 Å². The van der Waals surface area contributed by atoms with E-state index in [1.54, 1.807) is 6.08 Å². The number of amides is 2. The SMILES string of the molecule is CCCCN1CCN(c2ccc(-n3cnc4ccc(/C=C5\SC(=O)NC5=O)cc43)cc2)CC1. The second-order valence-corrected chi connectivity index (χ2v) is 9.43. The van der Waals surface area contributed by atoms with Gasteiger partial charge in [0.1, 0.15) is 6.33 Å². The van der Waals surface area contributed by atoms with Crippen molar-refractivity contribution in [1.82, 2.24) is 19.8 Å². The maximum absolute atomic E-state index is 11.9. The van der Waals surface area contributed by atoms with Gasteiger partial charge in [0, 0.05) is 37.6 Å². The van der Waals surface area contributed by atoms with Gasteiger partial charge in [-0.15, -0.1) is 0 Å². The summed E-state index contributed by atoms with van der Waals surface area (Å²) in [5, 5.41) is 1.96. The van der Waals surface area contributed by atoms with Gasteiger partial charge in [0.2, 0.25) is 0 Å². The Morgan fingerprint density at radius 1 is 1.03 bits per heavy atom. The quantitative estimate of drug-likeness (QED) is 0.553. The summed E-state index contributed by atoms with van der Waals surface area (Å²) >= 11 is 0.927. The molecular weight excluding hydrogens is 434 g/mol. The number of carbonyl (C=O) groups excluding carboxylic acids is 2. The minimum absolute atomic E-state index is 0.333. The van der Waals surface area contributed by atoms with E-state index in [-0.39, 0.29) is 11.1 Å². The standard InChI is InChI=1S/C25H27N5O2S/c1-2-3-10-28-11-13-29(14-12-28)19-5-7-20(8-6-19)30-17-26-21-9-4-18(15-22(21)30)16-23-24(31)27-25(32)33-23/h4-9,15-17H,2-3,10-14H2,1H3,(H,27,31,32)/b23-16-. The van der Waals surface area contributed by atoms with E-state index in [0.29, 0.717) is 4.91 Å². The lowest BCUT2D eigenvalue weighted by molar-refractivity contribution is -0.115. The summed E-state index contributed by atoms with van der Waals surface area (Å²) in [5.41, 5.74) is 4.98. The van der Waals surface area contributed by atoms with Crippen LogP contribution in [0.1, 0.15) is 25.3 Å². The van der Waals surface area contributed by atoms with E-state index < -0.39 is 0 Å². The molecule has 1 aromatic heterocycles. The van der Waals surface area contributed by atoms with E-state index in [1.165, 1.54) is 25.1 Å².